The molecule has 1 aliphatic heterocycles. The number of hydrogen-bond acceptors (Lipinski definition) is 7. The lowest BCUT2D eigenvalue weighted by Gasteiger charge is -2.30. The summed E-state index contributed by atoms with van der Waals surface area (Å²) in [6.45, 7) is 0.829. The number of sulfonamides is 1. The van der Waals surface area contributed by atoms with Crippen LogP contribution < -0.4 is 4.74 Å². The first-order chi connectivity index (χ1) is 13.5. The Kier molecular flexibility index (Phi) is 5.37. The quantitative estimate of drug-likeness (QED) is 0.607. The third kappa shape index (κ3) is 3.64. The van der Waals surface area contributed by atoms with Gasteiger partial charge in [-0.2, -0.15) is 8.99 Å². The van der Waals surface area contributed by atoms with Gasteiger partial charge in [0.05, 0.1) is 17.1 Å². The highest BCUT2D eigenvalue weighted by Crippen LogP contribution is 2.33. The number of nitrogens with zero attached hydrogens (tertiary/aromatic N) is 5. The van der Waals surface area contributed by atoms with Crippen LogP contribution >= 0.6 is 22.9 Å². The SMILES string of the molecule is COc1ccc(-n2nnnc2C2CCN(S(=O)(=O)c3ccc(Cl)s3)CC2)cc1. The summed E-state index contributed by atoms with van der Waals surface area (Å²) in [5.74, 6) is 1.57. The molecule has 0 saturated carbocycles. The summed E-state index contributed by atoms with van der Waals surface area (Å²) in [6, 6.07) is 10.6. The molecule has 0 aliphatic carbocycles. The second-order valence-electron chi connectivity index (χ2n) is 6.38. The van der Waals surface area contributed by atoms with Crippen LogP contribution in [0.4, 0.5) is 0 Å². The van der Waals surface area contributed by atoms with E-state index in [1.54, 1.807) is 23.9 Å². The van der Waals surface area contributed by atoms with Crippen molar-refractivity contribution in [2.75, 3.05) is 20.2 Å². The van der Waals surface area contributed by atoms with E-state index in [1.165, 1.54) is 4.31 Å². The molecule has 0 spiro atoms. The molecule has 28 heavy (non-hydrogen) atoms. The van der Waals surface area contributed by atoms with E-state index in [1.807, 2.05) is 24.3 Å². The molecule has 3 aromatic rings. The Hall–Kier alpha value is -2.01. The van der Waals surface area contributed by atoms with Crippen LogP contribution in [-0.2, 0) is 10.0 Å². The molecule has 1 fully saturated rings. The van der Waals surface area contributed by atoms with Gasteiger partial charge in [-0.15, -0.1) is 16.4 Å². The Morgan fingerprint density at radius 2 is 1.86 bits per heavy atom. The summed E-state index contributed by atoms with van der Waals surface area (Å²) < 4.78 is 34.7. The number of methoxy groups -OCH3 is 1. The molecular weight excluding hydrogens is 422 g/mol. The molecule has 0 radical (unpaired) electrons. The third-order valence-electron chi connectivity index (χ3n) is 4.77. The summed E-state index contributed by atoms with van der Waals surface area (Å²) >= 11 is 6.97. The number of benzene rings is 1. The van der Waals surface area contributed by atoms with E-state index in [0.29, 0.717) is 30.3 Å². The minimum atomic E-state index is -3.51. The second kappa shape index (κ2) is 7.78. The first-order valence-corrected chi connectivity index (χ1v) is 11.3. The minimum absolute atomic E-state index is 0.0791. The average molecular weight is 440 g/mol. The highest BCUT2D eigenvalue weighted by Gasteiger charge is 2.33. The van der Waals surface area contributed by atoms with E-state index < -0.39 is 10.0 Å². The van der Waals surface area contributed by atoms with Crippen molar-refractivity contribution in [3.05, 3.63) is 46.6 Å². The molecule has 0 amide bonds. The Morgan fingerprint density at radius 3 is 2.46 bits per heavy atom. The Bertz CT molecular complexity index is 1060. The van der Waals surface area contributed by atoms with Gasteiger partial charge in [0.1, 0.15) is 9.96 Å². The molecule has 0 N–H and O–H groups in total. The van der Waals surface area contributed by atoms with Crippen molar-refractivity contribution in [3.8, 4) is 11.4 Å². The average Bonchev–Trinajstić information content (AvgIpc) is 3.38. The lowest BCUT2D eigenvalue weighted by atomic mass is 9.97. The Morgan fingerprint density at radius 1 is 1.14 bits per heavy atom. The number of tetrazole rings is 1. The molecule has 8 nitrogen and oxygen atoms in total. The van der Waals surface area contributed by atoms with Gasteiger partial charge in [0, 0.05) is 19.0 Å². The smallest absolute Gasteiger partial charge is 0.252 e. The maximum atomic E-state index is 12.8. The van der Waals surface area contributed by atoms with Crippen LogP contribution in [0.5, 0.6) is 5.75 Å². The van der Waals surface area contributed by atoms with Crippen molar-refractivity contribution in [2.45, 2.75) is 23.0 Å². The van der Waals surface area contributed by atoms with Crippen LogP contribution in [0.2, 0.25) is 4.34 Å². The topological polar surface area (TPSA) is 90.2 Å². The van der Waals surface area contributed by atoms with Crippen molar-refractivity contribution in [1.82, 2.24) is 24.5 Å². The summed E-state index contributed by atoms with van der Waals surface area (Å²) in [7, 11) is -1.89. The number of thiophene rings is 1. The van der Waals surface area contributed by atoms with Crippen LogP contribution in [-0.4, -0.2) is 53.1 Å². The Labute approximate surface area is 171 Å². The summed E-state index contributed by atoms with van der Waals surface area (Å²) in [5.41, 5.74) is 0.837. The van der Waals surface area contributed by atoms with E-state index in [9.17, 15) is 8.42 Å². The molecule has 11 heteroatoms. The normalized spacial score (nSPS) is 16.4. The van der Waals surface area contributed by atoms with Crippen molar-refractivity contribution in [3.63, 3.8) is 0 Å². The minimum Gasteiger partial charge on any atom is -0.497 e. The van der Waals surface area contributed by atoms with Gasteiger partial charge in [-0.1, -0.05) is 11.6 Å². The van der Waals surface area contributed by atoms with Crippen LogP contribution in [0.25, 0.3) is 5.69 Å². The van der Waals surface area contributed by atoms with Gasteiger partial charge in [-0.25, -0.2) is 8.42 Å². The largest absolute Gasteiger partial charge is 0.497 e. The number of ether oxygens (including phenoxy) is 1. The molecule has 0 bridgehead atoms. The Balaban J connectivity index is 1.50. The van der Waals surface area contributed by atoms with Gasteiger partial charge in [-0.3, -0.25) is 0 Å². The number of halogens is 1. The highest BCUT2D eigenvalue weighted by molar-refractivity contribution is 7.91. The van der Waals surface area contributed by atoms with Crippen LogP contribution in [0.1, 0.15) is 24.6 Å². The van der Waals surface area contributed by atoms with E-state index in [2.05, 4.69) is 15.5 Å². The second-order valence-corrected chi connectivity index (χ2v) is 10.3. The molecule has 148 valence electrons. The van der Waals surface area contributed by atoms with Crippen molar-refractivity contribution >= 4 is 33.0 Å². The van der Waals surface area contributed by atoms with Crippen LogP contribution in [0.15, 0.2) is 40.6 Å². The van der Waals surface area contributed by atoms with Crippen molar-refractivity contribution in [2.24, 2.45) is 0 Å². The van der Waals surface area contributed by atoms with Crippen molar-refractivity contribution in [1.29, 1.82) is 0 Å². The van der Waals surface area contributed by atoms with E-state index >= 15 is 0 Å². The van der Waals surface area contributed by atoms with E-state index in [4.69, 9.17) is 16.3 Å². The predicted octanol–water partition coefficient (Wildman–Crippen LogP) is 2.95. The number of aromatic nitrogens is 4. The molecule has 1 saturated heterocycles. The first kappa shape index (κ1) is 19.3. The molecule has 4 rings (SSSR count). The maximum absolute atomic E-state index is 12.8. The number of hydrogen-bond donors (Lipinski definition) is 0. The fourth-order valence-corrected chi connectivity index (χ4v) is 6.38. The molecule has 1 aromatic carbocycles. The van der Waals surface area contributed by atoms with E-state index in [0.717, 1.165) is 28.6 Å². The predicted molar refractivity (Wildman–Crippen MR) is 106 cm³/mol. The lowest BCUT2D eigenvalue weighted by molar-refractivity contribution is 0.312. The lowest BCUT2D eigenvalue weighted by Crippen LogP contribution is -2.38. The van der Waals surface area contributed by atoms with Gasteiger partial charge >= 0.3 is 0 Å². The summed E-state index contributed by atoms with van der Waals surface area (Å²) in [5, 5.41) is 12.1. The van der Waals surface area contributed by atoms with Gasteiger partial charge in [0.15, 0.2) is 5.82 Å². The standard InChI is InChI=1S/C17H18ClN5O3S2/c1-26-14-4-2-13(3-5-14)23-17(19-20-21-23)12-8-10-22(11-9-12)28(24,25)16-7-6-15(18)27-16/h2-7,12H,8-11H2,1H3. The molecule has 0 unspecified atom stereocenters. The first-order valence-electron chi connectivity index (χ1n) is 8.67. The molecule has 1 aliphatic rings. The third-order valence-corrected chi connectivity index (χ3v) is 8.37. The van der Waals surface area contributed by atoms with Gasteiger partial charge in [0.25, 0.3) is 10.0 Å². The van der Waals surface area contributed by atoms with Crippen LogP contribution in [0.3, 0.4) is 0 Å². The van der Waals surface area contributed by atoms with Crippen LogP contribution in [0, 0.1) is 0 Å². The zero-order chi connectivity index (χ0) is 19.7. The highest BCUT2D eigenvalue weighted by atomic mass is 35.5. The molecule has 2 aromatic heterocycles. The number of rotatable bonds is 5. The van der Waals surface area contributed by atoms with Gasteiger partial charge in [0.2, 0.25) is 0 Å². The monoisotopic (exact) mass is 439 g/mol. The van der Waals surface area contributed by atoms with Gasteiger partial charge < -0.3 is 4.74 Å². The van der Waals surface area contributed by atoms with Gasteiger partial charge in [-0.05, 0) is 59.7 Å². The maximum Gasteiger partial charge on any atom is 0.252 e. The summed E-state index contributed by atoms with van der Waals surface area (Å²) in [4.78, 5) is 0. The fraction of sp³-hybridized carbons (Fsp3) is 0.353. The fourth-order valence-electron chi connectivity index (χ4n) is 3.27. The molecule has 3 heterocycles. The van der Waals surface area contributed by atoms with Crippen molar-refractivity contribution < 1.29 is 13.2 Å². The summed E-state index contributed by atoms with van der Waals surface area (Å²) in [6.07, 6.45) is 1.30. The molecule has 0 atom stereocenters. The van der Waals surface area contributed by atoms with E-state index in [-0.39, 0.29) is 10.1 Å². The number of piperidine rings is 1. The molecular formula is C17H18ClN5O3S2. The zero-order valence-corrected chi connectivity index (χ0v) is 17.4. The zero-order valence-electron chi connectivity index (χ0n) is 15.0.